The fourth-order valence-electron chi connectivity index (χ4n) is 3.30. The van der Waals surface area contributed by atoms with E-state index in [9.17, 15) is 9.59 Å². The van der Waals surface area contributed by atoms with Crippen LogP contribution in [0.4, 0.5) is 0 Å². The van der Waals surface area contributed by atoms with Gasteiger partial charge in [-0.25, -0.2) is 9.97 Å². The number of carbonyl (C=O) groups excluding carboxylic acids is 2. The van der Waals surface area contributed by atoms with Crippen molar-refractivity contribution >= 4 is 11.8 Å². The molecular formula is C20H24N4O2. The molecule has 2 heterocycles. The molecule has 1 atom stereocenters. The summed E-state index contributed by atoms with van der Waals surface area (Å²) < 4.78 is 0. The molecule has 0 bridgehead atoms. The van der Waals surface area contributed by atoms with Crippen molar-refractivity contribution in [2.24, 2.45) is 0 Å². The summed E-state index contributed by atoms with van der Waals surface area (Å²) in [6, 6.07) is 11.7. The average Bonchev–Trinajstić information content (AvgIpc) is 2.94. The second kappa shape index (κ2) is 8.08. The van der Waals surface area contributed by atoms with Gasteiger partial charge in [0.05, 0.1) is 6.04 Å². The van der Waals surface area contributed by atoms with Gasteiger partial charge in [-0.05, 0) is 38.3 Å². The third-order valence-corrected chi connectivity index (χ3v) is 4.48. The van der Waals surface area contributed by atoms with Gasteiger partial charge in [-0.1, -0.05) is 30.3 Å². The zero-order chi connectivity index (χ0) is 18.5. The number of hydrogen-bond donors (Lipinski definition) is 1. The third kappa shape index (κ3) is 4.65. The lowest BCUT2D eigenvalue weighted by atomic mass is 10.1. The van der Waals surface area contributed by atoms with Crippen molar-refractivity contribution in [1.29, 1.82) is 0 Å². The number of hydrogen-bond acceptors (Lipinski definition) is 4. The van der Waals surface area contributed by atoms with Crippen LogP contribution in [0.5, 0.6) is 0 Å². The smallest absolute Gasteiger partial charge is 0.270 e. The first-order valence-electron chi connectivity index (χ1n) is 8.96. The lowest BCUT2D eigenvalue weighted by Crippen LogP contribution is -2.37. The molecule has 26 heavy (non-hydrogen) atoms. The maximum Gasteiger partial charge on any atom is 0.270 e. The number of nitrogens with one attached hydrogen (secondary N) is 1. The molecule has 2 aromatic rings. The molecule has 1 aliphatic rings. The van der Waals surface area contributed by atoms with Gasteiger partial charge in [-0.2, -0.15) is 0 Å². The van der Waals surface area contributed by atoms with E-state index in [1.165, 1.54) is 5.56 Å². The highest BCUT2D eigenvalue weighted by molar-refractivity contribution is 5.93. The zero-order valence-corrected chi connectivity index (χ0v) is 15.2. The van der Waals surface area contributed by atoms with E-state index in [-0.39, 0.29) is 17.9 Å². The maximum atomic E-state index is 12.4. The van der Waals surface area contributed by atoms with Crippen LogP contribution in [0.15, 0.2) is 36.4 Å². The molecule has 0 radical (unpaired) electrons. The Labute approximate surface area is 153 Å². The Kier molecular flexibility index (Phi) is 5.61. The molecule has 3 rings (SSSR count). The van der Waals surface area contributed by atoms with Crippen molar-refractivity contribution in [2.45, 2.75) is 39.2 Å². The number of benzene rings is 1. The van der Waals surface area contributed by atoms with Crippen LogP contribution in [0.2, 0.25) is 0 Å². The van der Waals surface area contributed by atoms with Crippen molar-refractivity contribution < 1.29 is 9.59 Å². The molecule has 1 aromatic carbocycles. The summed E-state index contributed by atoms with van der Waals surface area (Å²) in [6.45, 7) is 4.87. The number of aromatic nitrogens is 2. The molecule has 1 fully saturated rings. The minimum absolute atomic E-state index is 0.0958. The summed E-state index contributed by atoms with van der Waals surface area (Å²) in [5.74, 6) is 0.418. The standard InChI is InChI=1S/C20H24N4O2/c1-14-11-18(22-15(2)21-14)20(26)23-17-12-19(25)24(13-17)10-6-9-16-7-4-3-5-8-16/h3-5,7-8,11,17H,6,9-10,12-13H2,1-2H3,(H,23,26)/t17-/m0/s1. The first-order chi connectivity index (χ1) is 12.5. The van der Waals surface area contributed by atoms with Crippen LogP contribution in [0.1, 0.15) is 40.4 Å². The molecule has 1 N–H and O–H groups in total. The van der Waals surface area contributed by atoms with Crippen LogP contribution in [-0.2, 0) is 11.2 Å². The highest BCUT2D eigenvalue weighted by Gasteiger charge is 2.30. The summed E-state index contributed by atoms with van der Waals surface area (Å²) in [7, 11) is 0. The predicted molar refractivity (Wildman–Crippen MR) is 98.7 cm³/mol. The van der Waals surface area contributed by atoms with Gasteiger partial charge in [0, 0.05) is 25.2 Å². The maximum absolute atomic E-state index is 12.4. The number of carbonyl (C=O) groups is 2. The van der Waals surface area contributed by atoms with Crippen LogP contribution < -0.4 is 5.32 Å². The van der Waals surface area contributed by atoms with Crippen LogP contribution in [-0.4, -0.2) is 45.8 Å². The topological polar surface area (TPSA) is 75.2 Å². The highest BCUT2D eigenvalue weighted by Crippen LogP contribution is 2.13. The normalized spacial score (nSPS) is 16.8. The van der Waals surface area contributed by atoms with Gasteiger partial charge in [-0.15, -0.1) is 0 Å². The molecule has 0 aliphatic carbocycles. The minimum Gasteiger partial charge on any atom is -0.346 e. The number of amides is 2. The van der Waals surface area contributed by atoms with Gasteiger partial charge in [0.1, 0.15) is 11.5 Å². The Morgan fingerprint density at radius 1 is 1.23 bits per heavy atom. The second-order valence-corrected chi connectivity index (χ2v) is 6.75. The lowest BCUT2D eigenvalue weighted by Gasteiger charge is -2.17. The van der Waals surface area contributed by atoms with Crippen molar-refractivity contribution in [3.8, 4) is 0 Å². The van der Waals surface area contributed by atoms with Crippen LogP contribution in [0.25, 0.3) is 0 Å². The van der Waals surface area contributed by atoms with E-state index >= 15 is 0 Å². The van der Waals surface area contributed by atoms with Gasteiger partial charge >= 0.3 is 0 Å². The van der Waals surface area contributed by atoms with E-state index in [0.29, 0.717) is 31.0 Å². The summed E-state index contributed by atoms with van der Waals surface area (Å²) in [4.78, 5) is 34.8. The largest absolute Gasteiger partial charge is 0.346 e. The predicted octanol–water partition coefficient (Wildman–Crippen LogP) is 2.06. The van der Waals surface area contributed by atoms with Crippen molar-refractivity contribution in [1.82, 2.24) is 20.2 Å². The fraction of sp³-hybridized carbons (Fsp3) is 0.400. The van der Waals surface area contributed by atoms with Gasteiger partial charge < -0.3 is 10.2 Å². The summed E-state index contributed by atoms with van der Waals surface area (Å²) in [6.07, 6.45) is 2.21. The van der Waals surface area contributed by atoms with E-state index in [1.807, 2.05) is 30.0 Å². The fourth-order valence-corrected chi connectivity index (χ4v) is 3.30. The highest BCUT2D eigenvalue weighted by atomic mass is 16.2. The van der Waals surface area contributed by atoms with Gasteiger partial charge in [0.2, 0.25) is 5.91 Å². The number of aryl methyl sites for hydroxylation is 3. The Balaban J connectivity index is 1.50. The summed E-state index contributed by atoms with van der Waals surface area (Å²) in [5, 5.41) is 2.93. The van der Waals surface area contributed by atoms with Gasteiger partial charge in [-0.3, -0.25) is 9.59 Å². The third-order valence-electron chi connectivity index (χ3n) is 4.48. The zero-order valence-electron chi connectivity index (χ0n) is 15.2. The van der Waals surface area contributed by atoms with Crippen LogP contribution in [0.3, 0.4) is 0 Å². The molecule has 1 aromatic heterocycles. The van der Waals surface area contributed by atoms with E-state index in [1.54, 1.807) is 13.0 Å². The molecule has 0 saturated carbocycles. The van der Waals surface area contributed by atoms with E-state index < -0.39 is 0 Å². The average molecular weight is 352 g/mol. The molecule has 0 spiro atoms. The quantitative estimate of drug-likeness (QED) is 0.863. The molecule has 1 aliphatic heterocycles. The number of rotatable bonds is 6. The SMILES string of the molecule is Cc1cc(C(=O)N[C@H]2CC(=O)N(CCCc3ccccc3)C2)nc(C)n1. The second-order valence-electron chi connectivity index (χ2n) is 6.75. The molecular weight excluding hydrogens is 328 g/mol. The van der Waals surface area contributed by atoms with E-state index in [0.717, 1.165) is 18.5 Å². The number of nitrogens with zero attached hydrogens (tertiary/aromatic N) is 3. The Morgan fingerprint density at radius 3 is 2.73 bits per heavy atom. The van der Waals surface area contributed by atoms with Crippen LogP contribution in [0, 0.1) is 13.8 Å². The molecule has 1 saturated heterocycles. The minimum atomic E-state index is -0.248. The first kappa shape index (κ1) is 18.0. The monoisotopic (exact) mass is 352 g/mol. The van der Waals surface area contributed by atoms with Crippen LogP contribution >= 0.6 is 0 Å². The molecule has 6 heteroatoms. The van der Waals surface area contributed by atoms with E-state index in [2.05, 4.69) is 27.4 Å². The Hall–Kier alpha value is -2.76. The molecule has 136 valence electrons. The van der Waals surface area contributed by atoms with Crippen molar-refractivity contribution in [2.75, 3.05) is 13.1 Å². The Bertz CT molecular complexity index is 771. The van der Waals surface area contributed by atoms with Crippen molar-refractivity contribution in [3.63, 3.8) is 0 Å². The van der Waals surface area contributed by atoms with Crippen molar-refractivity contribution in [3.05, 3.63) is 59.2 Å². The van der Waals surface area contributed by atoms with E-state index in [4.69, 9.17) is 0 Å². The first-order valence-corrected chi connectivity index (χ1v) is 8.96. The lowest BCUT2D eigenvalue weighted by molar-refractivity contribution is -0.127. The Morgan fingerprint density at radius 2 is 2.00 bits per heavy atom. The number of likely N-dealkylation sites (tertiary alicyclic amines) is 1. The molecule has 6 nitrogen and oxygen atoms in total. The molecule has 0 unspecified atom stereocenters. The summed E-state index contributed by atoms with van der Waals surface area (Å²) >= 11 is 0. The van der Waals surface area contributed by atoms with Gasteiger partial charge in [0.15, 0.2) is 0 Å². The molecule has 2 amide bonds. The summed E-state index contributed by atoms with van der Waals surface area (Å²) in [5.41, 5.74) is 2.39. The van der Waals surface area contributed by atoms with Gasteiger partial charge in [0.25, 0.3) is 5.91 Å².